The molecule has 0 saturated carbocycles. The van der Waals surface area contributed by atoms with Gasteiger partial charge in [0, 0.05) is 24.0 Å². The lowest BCUT2D eigenvalue weighted by Crippen LogP contribution is -1.95. The highest BCUT2D eigenvalue weighted by Crippen LogP contribution is 2.14. The van der Waals surface area contributed by atoms with E-state index in [2.05, 4.69) is 4.98 Å². The van der Waals surface area contributed by atoms with Crippen molar-refractivity contribution in [1.82, 2.24) is 4.98 Å². The number of ether oxygens (including phenoxy) is 1. The molecule has 0 aliphatic heterocycles. The Labute approximate surface area is 111 Å². The minimum atomic E-state index is -0.961. The number of carboxylic acid groups (broad SMARTS) is 1. The first-order chi connectivity index (χ1) is 9.24. The van der Waals surface area contributed by atoms with Crippen LogP contribution in [0.2, 0.25) is 0 Å². The highest BCUT2D eigenvalue weighted by molar-refractivity contribution is 5.85. The Morgan fingerprint density at radius 1 is 1.26 bits per heavy atom. The number of rotatable bonds is 5. The SMILES string of the molecule is O=C(O)/C=C\c1ccc(OCc2cccnc2)cc1. The number of benzene rings is 1. The fourth-order valence-electron chi connectivity index (χ4n) is 1.49. The average Bonchev–Trinajstić information content (AvgIpc) is 2.45. The van der Waals surface area contributed by atoms with Crippen LogP contribution in [0.5, 0.6) is 5.75 Å². The molecule has 19 heavy (non-hydrogen) atoms. The molecular formula is C15H13NO3. The maximum absolute atomic E-state index is 10.4. The third-order valence-electron chi connectivity index (χ3n) is 2.43. The summed E-state index contributed by atoms with van der Waals surface area (Å²) < 4.78 is 5.59. The molecule has 0 aliphatic rings. The van der Waals surface area contributed by atoms with E-state index in [4.69, 9.17) is 9.84 Å². The minimum absolute atomic E-state index is 0.456. The van der Waals surface area contributed by atoms with Gasteiger partial charge in [-0.05, 0) is 29.8 Å². The molecule has 2 rings (SSSR count). The Morgan fingerprint density at radius 2 is 2.05 bits per heavy atom. The molecule has 0 amide bonds. The molecule has 2 aromatic rings. The van der Waals surface area contributed by atoms with Crippen molar-refractivity contribution in [3.05, 3.63) is 66.0 Å². The van der Waals surface area contributed by atoms with Gasteiger partial charge in [0.15, 0.2) is 0 Å². The summed E-state index contributed by atoms with van der Waals surface area (Å²) in [6.07, 6.45) is 6.11. The van der Waals surface area contributed by atoms with E-state index in [0.717, 1.165) is 23.0 Å². The van der Waals surface area contributed by atoms with Crippen molar-refractivity contribution in [3.8, 4) is 5.75 Å². The van der Waals surface area contributed by atoms with Crippen molar-refractivity contribution in [2.24, 2.45) is 0 Å². The number of aliphatic carboxylic acids is 1. The van der Waals surface area contributed by atoms with Crippen LogP contribution in [-0.2, 0) is 11.4 Å². The summed E-state index contributed by atoms with van der Waals surface area (Å²) in [5.74, 6) is -0.228. The Morgan fingerprint density at radius 3 is 2.68 bits per heavy atom. The van der Waals surface area contributed by atoms with Crippen molar-refractivity contribution in [2.45, 2.75) is 6.61 Å². The van der Waals surface area contributed by atoms with Crippen LogP contribution in [0.25, 0.3) is 6.08 Å². The van der Waals surface area contributed by atoms with Gasteiger partial charge < -0.3 is 9.84 Å². The van der Waals surface area contributed by atoms with Gasteiger partial charge in [-0.15, -0.1) is 0 Å². The van der Waals surface area contributed by atoms with E-state index in [1.54, 1.807) is 36.7 Å². The number of pyridine rings is 1. The number of nitrogens with zero attached hydrogens (tertiary/aromatic N) is 1. The fourth-order valence-corrected chi connectivity index (χ4v) is 1.49. The summed E-state index contributed by atoms with van der Waals surface area (Å²) in [6, 6.07) is 11.0. The van der Waals surface area contributed by atoms with Crippen molar-refractivity contribution in [2.75, 3.05) is 0 Å². The van der Waals surface area contributed by atoms with Crippen LogP contribution in [-0.4, -0.2) is 16.1 Å². The van der Waals surface area contributed by atoms with Gasteiger partial charge in [-0.3, -0.25) is 4.98 Å². The van der Waals surface area contributed by atoms with E-state index < -0.39 is 5.97 Å². The quantitative estimate of drug-likeness (QED) is 0.834. The molecule has 0 radical (unpaired) electrons. The molecule has 1 N–H and O–H groups in total. The van der Waals surface area contributed by atoms with Crippen LogP contribution < -0.4 is 4.74 Å². The molecule has 0 unspecified atom stereocenters. The van der Waals surface area contributed by atoms with Gasteiger partial charge in [-0.2, -0.15) is 0 Å². The van der Waals surface area contributed by atoms with E-state index in [1.807, 2.05) is 12.1 Å². The van der Waals surface area contributed by atoms with Gasteiger partial charge in [0.2, 0.25) is 0 Å². The topological polar surface area (TPSA) is 59.4 Å². The number of carbonyl (C=O) groups is 1. The maximum Gasteiger partial charge on any atom is 0.328 e. The first-order valence-corrected chi connectivity index (χ1v) is 5.77. The van der Waals surface area contributed by atoms with Gasteiger partial charge in [-0.25, -0.2) is 4.79 Å². The highest BCUT2D eigenvalue weighted by Gasteiger charge is 1.96. The number of hydrogen-bond acceptors (Lipinski definition) is 3. The van der Waals surface area contributed by atoms with Crippen LogP contribution >= 0.6 is 0 Å². The van der Waals surface area contributed by atoms with E-state index in [0.29, 0.717) is 6.61 Å². The van der Waals surface area contributed by atoms with Crippen molar-refractivity contribution < 1.29 is 14.6 Å². The molecule has 0 saturated heterocycles. The van der Waals surface area contributed by atoms with E-state index >= 15 is 0 Å². The Balaban J connectivity index is 1.94. The van der Waals surface area contributed by atoms with Crippen molar-refractivity contribution >= 4 is 12.0 Å². The zero-order chi connectivity index (χ0) is 13.5. The summed E-state index contributed by atoms with van der Waals surface area (Å²) >= 11 is 0. The molecule has 96 valence electrons. The molecule has 0 atom stereocenters. The summed E-state index contributed by atoms with van der Waals surface area (Å²) in [4.78, 5) is 14.4. The van der Waals surface area contributed by atoms with E-state index in [9.17, 15) is 4.79 Å². The van der Waals surface area contributed by atoms with Crippen LogP contribution in [0, 0.1) is 0 Å². The van der Waals surface area contributed by atoms with E-state index in [1.165, 1.54) is 6.08 Å². The molecule has 0 fully saturated rings. The second-order valence-corrected chi connectivity index (χ2v) is 3.89. The Hall–Kier alpha value is -2.62. The van der Waals surface area contributed by atoms with E-state index in [-0.39, 0.29) is 0 Å². The summed E-state index contributed by atoms with van der Waals surface area (Å²) in [7, 11) is 0. The second-order valence-electron chi connectivity index (χ2n) is 3.89. The molecule has 1 aromatic heterocycles. The first kappa shape index (κ1) is 12.8. The van der Waals surface area contributed by atoms with Gasteiger partial charge in [-0.1, -0.05) is 18.2 Å². The lowest BCUT2D eigenvalue weighted by atomic mass is 10.2. The Bertz CT molecular complexity index is 562. The zero-order valence-electron chi connectivity index (χ0n) is 10.2. The van der Waals surface area contributed by atoms with Gasteiger partial charge in [0.25, 0.3) is 0 Å². The number of hydrogen-bond donors (Lipinski definition) is 1. The van der Waals surface area contributed by atoms with Crippen molar-refractivity contribution in [3.63, 3.8) is 0 Å². The molecule has 0 bridgehead atoms. The molecule has 4 nitrogen and oxygen atoms in total. The second kappa shape index (κ2) is 6.35. The number of carboxylic acids is 1. The molecule has 1 heterocycles. The standard InChI is InChI=1S/C15H13NO3/c17-15(18)8-5-12-3-6-14(7-4-12)19-11-13-2-1-9-16-10-13/h1-10H,11H2,(H,17,18)/b8-5-. The van der Waals surface area contributed by atoms with Crippen LogP contribution in [0.4, 0.5) is 0 Å². The van der Waals surface area contributed by atoms with Gasteiger partial charge >= 0.3 is 5.97 Å². The van der Waals surface area contributed by atoms with Gasteiger partial charge in [0.1, 0.15) is 12.4 Å². The third kappa shape index (κ3) is 4.27. The molecular weight excluding hydrogens is 242 g/mol. The third-order valence-corrected chi connectivity index (χ3v) is 2.43. The normalized spacial score (nSPS) is 10.5. The fraction of sp³-hybridized carbons (Fsp3) is 0.0667. The monoisotopic (exact) mass is 255 g/mol. The lowest BCUT2D eigenvalue weighted by Gasteiger charge is -2.05. The summed E-state index contributed by atoms with van der Waals surface area (Å²) in [6.45, 7) is 0.456. The molecule has 4 heteroatoms. The molecule has 0 spiro atoms. The molecule has 1 aromatic carbocycles. The lowest BCUT2D eigenvalue weighted by molar-refractivity contribution is -0.131. The van der Waals surface area contributed by atoms with Gasteiger partial charge in [0.05, 0.1) is 0 Å². The summed E-state index contributed by atoms with van der Waals surface area (Å²) in [5, 5.41) is 8.52. The van der Waals surface area contributed by atoms with Crippen molar-refractivity contribution in [1.29, 1.82) is 0 Å². The maximum atomic E-state index is 10.4. The van der Waals surface area contributed by atoms with Crippen LogP contribution in [0.3, 0.4) is 0 Å². The average molecular weight is 255 g/mol. The predicted molar refractivity (Wildman–Crippen MR) is 71.7 cm³/mol. The predicted octanol–water partition coefficient (Wildman–Crippen LogP) is 2.76. The van der Waals surface area contributed by atoms with Crippen LogP contribution in [0.15, 0.2) is 54.9 Å². The number of aromatic nitrogens is 1. The first-order valence-electron chi connectivity index (χ1n) is 5.77. The summed E-state index contributed by atoms with van der Waals surface area (Å²) in [5.41, 5.74) is 1.81. The van der Waals surface area contributed by atoms with Crippen LogP contribution in [0.1, 0.15) is 11.1 Å². The highest BCUT2D eigenvalue weighted by atomic mass is 16.5. The largest absolute Gasteiger partial charge is 0.489 e. The molecule has 0 aliphatic carbocycles. The zero-order valence-corrected chi connectivity index (χ0v) is 10.2. The smallest absolute Gasteiger partial charge is 0.328 e. The minimum Gasteiger partial charge on any atom is -0.489 e. The Kier molecular flexibility index (Phi) is 4.29.